The average molecular weight is 172 g/mol. The van der Waals surface area contributed by atoms with E-state index < -0.39 is 0 Å². The molecule has 0 spiro atoms. The van der Waals surface area contributed by atoms with Crippen LogP contribution >= 0.6 is 0 Å². The topological polar surface area (TPSA) is 52.6 Å². The Balaban J connectivity index is 2.42. The maximum absolute atomic E-state index is 11.2. The van der Waals surface area contributed by atoms with Crippen molar-refractivity contribution in [2.75, 3.05) is 20.1 Å². The molecular weight excluding hydrogens is 156 g/mol. The molecule has 4 heteroatoms. The molecule has 0 aliphatic carbocycles. The third kappa shape index (κ3) is 1.95. The molecule has 2 atom stereocenters. The highest BCUT2D eigenvalue weighted by Crippen LogP contribution is 2.11. The van der Waals surface area contributed by atoms with Gasteiger partial charge in [0.05, 0.1) is 12.1 Å². The van der Waals surface area contributed by atoms with Gasteiger partial charge in [-0.15, -0.1) is 0 Å². The van der Waals surface area contributed by atoms with E-state index in [1.54, 1.807) is 7.05 Å². The average Bonchev–Trinajstić information content (AvgIpc) is 2.49. The van der Waals surface area contributed by atoms with Crippen LogP contribution in [0.4, 0.5) is 0 Å². The van der Waals surface area contributed by atoms with Crippen molar-refractivity contribution in [3.05, 3.63) is 0 Å². The molecule has 4 nitrogen and oxygen atoms in total. The molecule has 2 N–H and O–H groups in total. The van der Waals surface area contributed by atoms with Gasteiger partial charge in [0.15, 0.2) is 0 Å². The van der Waals surface area contributed by atoms with Gasteiger partial charge in [-0.1, -0.05) is 0 Å². The summed E-state index contributed by atoms with van der Waals surface area (Å²) in [5.74, 6) is 0.0177. The third-order valence-corrected chi connectivity index (χ3v) is 2.37. The number of hydrogen-bond donors (Lipinski definition) is 2. The number of aliphatic hydroxyl groups excluding tert-OH is 1. The zero-order valence-corrected chi connectivity index (χ0v) is 7.58. The highest BCUT2D eigenvalue weighted by atomic mass is 16.3. The molecule has 1 rings (SSSR count). The highest BCUT2D eigenvalue weighted by Gasteiger charge is 2.27. The lowest BCUT2D eigenvalue weighted by atomic mass is 10.3. The molecule has 1 fully saturated rings. The normalized spacial score (nSPS) is 27.1. The second kappa shape index (κ2) is 3.87. The first-order valence-corrected chi connectivity index (χ1v) is 4.29. The van der Waals surface area contributed by atoms with Crippen LogP contribution in [0.1, 0.15) is 13.3 Å². The zero-order chi connectivity index (χ0) is 9.14. The summed E-state index contributed by atoms with van der Waals surface area (Å²) >= 11 is 0. The number of rotatable bonds is 2. The van der Waals surface area contributed by atoms with Crippen LogP contribution in [-0.2, 0) is 4.79 Å². The Morgan fingerprint density at radius 2 is 2.42 bits per heavy atom. The molecule has 0 aromatic heterocycles. The van der Waals surface area contributed by atoms with E-state index in [-0.39, 0.29) is 18.1 Å². The van der Waals surface area contributed by atoms with E-state index in [0.29, 0.717) is 6.54 Å². The molecule has 1 saturated heterocycles. The predicted molar refractivity (Wildman–Crippen MR) is 45.7 cm³/mol. The van der Waals surface area contributed by atoms with Gasteiger partial charge in [-0.3, -0.25) is 9.69 Å². The molecule has 1 aliphatic rings. The SMILES string of the molecule is CNC(=O)C(C)N1CC[C@H](O)C1. The molecule has 0 saturated carbocycles. The minimum Gasteiger partial charge on any atom is -0.392 e. The fraction of sp³-hybridized carbons (Fsp3) is 0.875. The molecule has 1 heterocycles. The molecule has 0 bridgehead atoms. The molecule has 1 aliphatic heterocycles. The van der Waals surface area contributed by atoms with Crippen LogP contribution in [0.2, 0.25) is 0 Å². The summed E-state index contributed by atoms with van der Waals surface area (Å²) < 4.78 is 0. The Labute approximate surface area is 72.6 Å². The van der Waals surface area contributed by atoms with Gasteiger partial charge in [0.1, 0.15) is 0 Å². The van der Waals surface area contributed by atoms with Crippen molar-refractivity contribution in [3.8, 4) is 0 Å². The minimum atomic E-state index is -0.253. The van der Waals surface area contributed by atoms with Gasteiger partial charge >= 0.3 is 0 Å². The Kier molecular flexibility index (Phi) is 3.05. The zero-order valence-electron chi connectivity index (χ0n) is 7.58. The summed E-state index contributed by atoms with van der Waals surface area (Å²) in [6.45, 7) is 3.29. The molecule has 0 aromatic rings. The molecule has 1 amide bonds. The summed E-state index contributed by atoms with van der Waals surface area (Å²) in [5, 5.41) is 11.8. The molecule has 12 heavy (non-hydrogen) atoms. The second-order valence-electron chi connectivity index (χ2n) is 3.23. The van der Waals surface area contributed by atoms with Crippen molar-refractivity contribution in [2.45, 2.75) is 25.5 Å². The maximum Gasteiger partial charge on any atom is 0.236 e. The van der Waals surface area contributed by atoms with Crippen molar-refractivity contribution < 1.29 is 9.90 Å². The van der Waals surface area contributed by atoms with Crippen LogP contribution in [0.15, 0.2) is 0 Å². The number of likely N-dealkylation sites (tertiary alicyclic amines) is 1. The number of likely N-dealkylation sites (N-methyl/N-ethyl adjacent to an activating group) is 1. The molecular formula is C8H16N2O2. The number of amides is 1. The van der Waals surface area contributed by atoms with Gasteiger partial charge in [-0.2, -0.15) is 0 Å². The summed E-state index contributed by atoms with van der Waals surface area (Å²) in [4.78, 5) is 13.2. The van der Waals surface area contributed by atoms with Crippen LogP contribution < -0.4 is 5.32 Å². The van der Waals surface area contributed by atoms with Crippen molar-refractivity contribution in [3.63, 3.8) is 0 Å². The largest absolute Gasteiger partial charge is 0.392 e. The summed E-state index contributed by atoms with van der Waals surface area (Å²) in [6, 6.07) is -0.118. The van der Waals surface area contributed by atoms with Crippen LogP contribution in [0.3, 0.4) is 0 Å². The van der Waals surface area contributed by atoms with Gasteiger partial charge < -0.3 is 10.4 Å². The van der Waals surface area contributed by atoms with Gasteiger partial charge in [-0.05, 0) is 13.3 Å². The van der Waals surface area contributed by atoms with Gasteiger partial charge in [0, 0.05) is 20.1 Å². The van der Waals surface area contributed by atoms with Gasteiger partial charge in [0.2, 0.25) is 5.91 Å². The monoisotopic (exact) mass is 172 g/mol. The van der Waals surface area contributed by atoms with E-state index in [0.717, 1.165) is 13.0 Å². The quantitative estimate of drug-likeness (QED) is 0.572. The van der Waals surface area contributed by atoms with Crippen molar-refractivity contribution in [2.24, 2.45) is 0 Å². The Hall–Kier alpha value is -0.610. The van der Waals surface area contributed by atoms with Crippen LogP contribution in [-0.4, -0.2) is 48.2 Å². The van der Waals surface area contributed by atoms with Crippen molar-refractivity contribution >= 4 is 5.91 Å². The fourth-order valence-corrected chi connectivity index (χ4v) is 1.49. The van der Waals surface area contributed by atoms with E-state index in [1.807, 2.05) is 11.8 Å². The highest BCUT2D eigenvalue weighted by molar-refractivity contribution is 5.80. The number of carbonyl (C=O) groups is 1. The lowest BCUT2D eigenvalue weighted by Gasteiger charge is -2.21. The Morgan fingerprint density at radius 1 is 1.75 bits per heavy atom. The van der Waals surface area contributed by atoms with Crippen LogP contribution in [0.25, 0.3) is 0 Å². The summed E-state index contributed by atoms with van der Waals surface area (Å²) in [5.41, 5.74) is 0. The minimum absolute atomic E-state index is 0.0177. The number of β-amino-alcohol motifs (C(OH)–C–C–N with tert-alkyl or cyclic N) is 1. The number of aliphatic hydroxyl groups is 1. The van der Waals surface area contributed by atoms with E-state index >= 15 is 0 Å². The number of carbonyl (C=O) groups excluding carboxylic acids is 1. The smallest absolute Gasteiger partial charge is 0.236 e. The Bertz CT molecular complexity index is 172. The fourth-order valence-electron chi connectivity index (χ4n) is 1.49. The molecule has 1 unspecified atom stereocenters. The Morgan fingerprint density at radius 3 is 2.83 bits per heavy atom. The standard InChI is InChI=1S/C8H16N2O2/c1-6(8(12)9-2)10-4-3-7(11)5-10/h6-7,11H,3-5H2,1-2H3,(H,9,12)/t6?,7-/m0/s1. The van der Waals surface area contributed by atoms with Gasteiger partial charge in [0.25, 0.3) is 0 Å². The van der Waals surface area contributed by atoms with E-state index in [2.05, 4.69) is 5.32 Å². The number of hydrogen-bond acceptors (Lipinski definition) is 3. The summed E-state index contributed by atoms with van der Waals surface area (Å²) in [6.07, 6.45) is 0.526. The van der Waals surface area contributed by atoms with Crippen LogP contribution in [0, 0.1) is 0 Å². The predicted octanol–water partition coefficient (Wildman–Crippen LogP) is -0.813. The third-order valence-electron chi connectivity index (χ3n) is 2.37. The first kappa shape index (κ1) is 9.48. The number of nitrogens with zero attached hydrogens (tertiary/aromatic N) is 1. The maximum atomic E-state index is 11.2. The number of nitrogens with one attached hydrogen (secondary N) is 1. The lowest BCUT2D eigenvalue weighted by molar-refractivity contribution is -0.125. The molecule has 0 radical (unpaired) electrons. The molecule has 0 aromatic carbocycles. The first-order valence-electron chi connectivity index (χ1n) is 4.29. The lowest BCUT2D eigenvalue weighted by Crippen LogP contribution is -2.43. The van der Waals surface area contributed by atoms with E-state index in [9.17, 15) is 9.90 Å². The second-order valence-corrected chi connectivity index (χ2v) is 3.23. The molecule has 70 valence electrons. The van der Waals surface area contributed by atoms with Crippen molar-refractivity contribution in [1.29, 1.82) is 0 Å². The van der Waals surface area contributed by atoms with Crippen LogP contribution in [0.5, 0.6) is 0 Å². The van der Waals surface area contributed by atoms with E-state index in [1.165, 1.54) is 0 Å². The van der Waals surface area contributed by atoms with Crippen molar-refractivity contribution in [1.82, 2.24) is 10.2 Å². The summed E-state index contributed by atoms with van der Waals surface area (Å²) in [7, 11) is 1.63. The first-order chi connectivity index (χ1) is 5.65. The van der Waals surface area contributed by atoms with E-state index in [4.69, 9.17) is 0 Å². The van der Waals surface area contributed by atoms with Gasteiger partial charge in [-0.25, -0.2) is 0 Å².